The number of carboxylic acids is 1. The van der Waals surface area contributed by atoms with Gasteiger partial charge in [0, 0.05) is 12.2 Å². The van der Waals surface area contributed by atoms with E-state index in [2.05, 4.69) is 28.6 Å². The maximum atomic E-state index is 12.9. The number of hydrogen-bond acceptors (Lipinski definition) is 8. The number of benzene rings is 1. The summed E-state index contributed by atoms with van der Waals surface area (Å²) in [5.41, 5.74) is 6.26. The summed E-state index contributed by atoms with van der Waals surface area (Å²) < 4.78 is 0. The van der Waals surface area contributed by atoms with E-state index in [1.165, 1.54) is 12.1 Å². The molecule has 1 aromatic rings. The lowest BCUT2D eigenvalue weighted by Gasteiger charge is -2.24. The molecule has 0 aliphatic heterocycles. The molecule has 8 N–H and O–H groups in total. The Hall–Kier alpha value is -2.83. The first-order chi connectivity index (χ1) is 15.5. The van der Waals surface area contributed by atoms with Crippen LogP contribution in [0.4, 0.5) is 0 Å². The van der Waals surface area contributed by atoms with Crippen LogP contribution < -0.4 is 21.7 Å². The lowest BCUT2D eigenvalue weighted by atomic mass is 10.0. The van der Waals surface area contributed by atoms with Crippen LogP contribution in [0, 0.1) is 5.92 Å². The highest BCUT2D eigenvalue weighted by Crippen LogP contribution is 2.12. The molecular weight excluding hydrogens is 452 g/mol. The van der Waals surface area contributed by atoms with Gasteiger partial charge in [0.05, 0.1) is 12.6 Å². The molecule has 0 spiro atoms. The molecule has 0 saturated heterocycles. The summed E-state index contributed by atoms with van der Waals surface area (Å²) in [7, 11) is 0. The number of rotatable bonds is 13. The van der Waals surface area contributed by atoms with Gasteiger partial charge in [-0.3, -0.25) is 14.4 Å². The van der Waals surface area contributed by atoms with Crippen LogP contribution >= 0.6 is 12.6 Å². The second kappa shape index (κ2) is 13.7. The fraction of sp³-hybridized carbons (Fsp3) is 0.524. The van der Waals surface area contributed by atoms with Gasteiger partial charge in [0.2, 0.25) is 17.7 Å². The molecule has 0 aliphatic rings. The topological polar surface area (TPSA) is 191 Å². The number of phenols is 1. The third-order valence-corrected chi connectivity index (χ3v) is 5.07. The number of aliphatic hydroxyl groups is 1. The third kappa shape index (κ3) is 9.68. The molecule has 0 heterocycles. The van der Waals surface area contributed by atoms with E-state index in [0.29, 0.717) is 5.56 Å². The van der Waals surface area contributed by atoms with Crippen LogP contribution in [0.5, 0.6) is 5.75 Å². The standard InChI is InChI=1S/C21H32N4O7S/c1-11(2)7-16(21(31)32)24-20(30)17(9-26)25-19(29)15(23-18(28)14(22)10-33)8-12-3-5-13(27)6-4-12/h3-6,11,14-17,26-27,33H,7-10,22H2,1-2H3,(H,23,28)(H,24,30)(H,25,29)(H,31,32). The summed E-state index contributed by atoms with van der Waals surface area (Å²) in [5, 5.41) is 35.5. The molecule has 33 heavy (non-hydrogen) atoms. The Morgan fingerprint density at radius 3 is 1.94 bits per heavy atom. The normalized spacial score (nSPS) is 14.6. The van der Waals surface area contributed by atoms with Crippen LogP contribution in [0.15, 0.2) is 24.3 Å². The van der Waals surface area contributed by atoms with Gasteiger partial charge >= 0.3 is 5.97 Å². The van der Waals surface area contributed by atoms with E-state index < -0.39 is 54.5 Å². The van der Waals surface area contributed by atoms with Crippen molar-refractivity contribution in [2.45, 2.75) is 50.9 Å². The molecular formula is C21H32N4O7S. The summed E-state index contributed by atoms with van der Waals surface area (Å²) in [6.07, 6.45) is 0.163. The highest BCUT2D eigenvalue weighted by Gasteiger charge is 2.30. The number of aliphatic carboxylic acids is 1. The van der Waals surface area contributed by atoms with Gasteiger partial charge in [0.15, 0.2) is 0 Å². The van der Waals surface area contributed by atoms with Crippen LogP contribution in [0.3, 0.4) is 0 Å². The average molecular weight is 485 g/mol. The summed E-state index contributed by atoms with van der Waals surface area (Å²) in [6.45, 7) is 2.79. The maximum absolute atomic E-state index is 12.9. The van der Waals surface area contributed by atoms with Gasteiger partial charge in [-0.15, -0.1) is 0 Å². The second-order valence-corrected chi connectivity index (χ2v) is 8.36. The molecule has 12 heteroatoms. The van der Waals surface area contributed by atoms with E-state index in [9.17, 15) is 34.5 Å². The van der Waals surface area contributed by atoms with Crippen molar-refractivity contribution in [3.05, 3.63) is 29.8 Å². The van der Waals surface area contributed by atoms with Crippen LogP contribution in [0.2, 0.25) is 0 Å². The smallest absolute Gasteiger partial charge is 0.326 e. The first-order valence-electron chi connectivity index (χ1n) is 10.4. The molecule has 1 rings (SSSR count). The lowest BCUT2D eigenvalue weighted by Crippen LogP contribution is -2.58. The molecule has 4 atom stereocenters. The summed E-state index contributed by atoms with van der Waals surface area (Å²) in [6, 6.07) is 1.16. The number of thiol groups is 1. The number of aliphatic hydroxyl groups excluding tert-OH is 1. The van der Waals surface area contributed by atoms with Crippen LogP contribution in [0.1, 0.15) is 25.8 Å². The number of hydrogen-bond donors (Lipinski definition) is 8. The number of aromatic hydroxyl groups is 1. The number of phenolic OH excluding ortho intramolecular Hbond substituents is 1. The molecule has 0 fully saturated rings. The molecule has 4 unspecified atom stereocenters. The maximum Gasteiger partial charge on any atom is 0.326 e. The SMILES string of the molecule is CC(C)CC(NC(=O)C(CO)NC(=O)C(Cc1ccc(O)cc1)NC(=O)C(N)CS)C(=O)O. The van der Waals surface area contributed by atoms with Crippen molar-refractivity contribution in [3.8, 4) is 5.75 Å². The summed E-state index contributed by atoms with van der Waals surface area (Å²) in [5.74, 6) is -3.50. The minimum absolute atomic E-state index is 0.00200. The zero-order valence-corrected chi connectivity index (χ0v) is 19.4. The summed E-state index contributed by atoms with van der Waals surface area (Å²) in [4.78, 5) is 49.0. The van der Waals surface area contributed by atoms with Crippen molar-refractivity contribution in [1.29, 1.82) is 0 Å². The van der Waals surface area contributed by atoms with Gasteiger partial charge in [0.25, 0.3) is 0 Å². The fourth-order valence-corrected chi connectivity index (χ4v) is 3.04. The van der Waals surface area contributed by atoms with E-state index in [0.717, 1.165) is 0 Å². The molecule has 0 radical (unpaired) electrons. The van der Waals surface area contributed by atoms with Crippen LogP contribution in [-0.4, -0.2) is 75.5 Å². The van der Waals surface area contributed by atoms with Crippen LogP contribution in [0.25, 0.3) is 0 Å². The van der Waals surface area contributed by atoms with E-state index in [1.807, 2.05) is 0 Å². The Morgan fingerprint density at radius 1 is 0.939 bits per heavy atom. The van der Waals surface area contributed by atoms with E-state index in [-0.39, 0.29) is 30.3 Å². The zero-order chi connectivity index (χ0) is 25.1. The van der Waals surface area contributed by atoms with E-state index in [1.54, 1.807) is 26.0 Å². The Kier molecular flexibility index (Phi) is 11.7. The van der Waals surface area contributed by atoms with Crippen molar-refractivity contribution in [3.63, 3.8) is 0 Å². The van der Waals surface area contributed by atoms with Gasteiger partial charge in [-0.05, 0) is 30.0 Å². The number of carbonyl (C=O) groups excluding carboxylic acids is 3. The number of amides is 3. The van der Waals surface area contributed by atoms with Gasteiger partial charge in [-0.2, -0.15) is 12.6 Å². The first-order valence-corrected chi connectivity index (χ1v) is 11.0. The quantitative estimate of drug-likeness (QED) is 0.160. The zero-order valence-electron chi connectivity index (χ0n) is 18.5. The summed E-state index contributed by atoms with van der Waals surface area (Å²) >= 11 is 3.96. The Bertz CT molecular complexity index is 819. The molecule has 184 valence electrons. The first kappa shape index (κ1) is 28.2. The predicted molar refractivity (Wildman–Crippen MR) is 124 cm³/mol. The van der Waals surface area contributed by atoms with Crippen molar-refractivity contribution < 1.29 is 34.5 Å². The van der Waals surface area contributed by atoms with E-state index >= 15 is 0 Å². The Balaban J connectivity index is 2.98. The molecule has 0 bridgehead atoms. The largest absolute Gasteiger partial charge is 0.508 e. The van der Waals surface area contributed by atoms with Gasteiger partial charge in [-0.1, -0.05) is 26.0 Å². The van der Waals surface area contributed by atoms with E-state index in [4.69, 9.17) is 5.73 Å². The molecule has 0 aromatic heterocycles. The lowest BCUT2D eigenvalue weighted by molar-refractivity contribution is -0.143. The predicted octanol–water partition coefficient (Wildman–Crippen LogP) is -1.23. The third-order valence-electron chi connectivity index (χ3n) is 4.68. The van der Waals surface area contributed by atoms with Crippen molar-refractivity contribution in [2.24, 2.45) is 11.7 Å². The number of carbonyl (C=O) groups is 4. The van der Waals surface area contributed by atoms with Crippen molar-refractivity contribution in [2.75, 3.05) is 12.4 Å². The number of nitrogens with one attached hydrogen (secondary N) is 3. The highest BCUT2D eigenvalue weighted by atomic mass is 32.1. The second-order valence-electron chi connectivity index (χ2n) is 7.99. The van der Waals surface area contributed by atoms with Gasteiger partial charge in [0.1, 0.15) is 23.9 Å². The van der Waals surface area contributed by atoms with Gasteiger partial charge < -0.3 is 37.0 Å². The number of nitrogens with two attached hydrogens (primary N) is 1. The highest BCUT2D eigenvalue weighted by molar-refractivity contribution is 7.80. The van der Waals surface area contributed by atoms with Crippen LogP contribution in [-0.2, 0) is 25.6 Å². The minimum atomic E-state index is -1.44. The fourth-order valence-electron chi connectivity index (χ4n) is 2.87. The Morgan fingerprint density at radius 2 is 1.45 bits per heavy atom. The molecule has 0 saturated carbocycles. The molecule has 11 nitrogen and oxygen atoms in total. The average Bonchev–Trinajstić information content (AvgIpc) is 2.76. The van der Waals surface area contributed by atoms with Gasteiger partial charge in [-0.25, -0.2) is 4.79 Å². The molecule has 1 aromatic carbocycles. The number of carboxylic acid groups (broad SMARTS) is 1. The molecule has 3 amide bonds. The monoisotopic (exact) mass is 484 g/mol. The molecule has 0 aliphatic carbocycles. The van der Waals surface area contributed by atoms with Crippen molar-refractivity contribution >= 4 is 36.3 Å². The minimum Gasteiger partial charge on any atom is -0.508 e. The Labute approximate surface area is 197 Å². The van der Waals surface area contributed by atoms with Crippen molar-refractivity contribution in [1.82, 2.24) is 16.0 Å².